The Morgan fingerprint density at radius 3 is 2.50 bits per heavy atom. The van der Waals surface area contributed by atoms with Gasteiger partial charge in [0, 0.05) is 6.42 Å². The van der Waals surface area contributed by atoms with Gasteiger partial charge in [0.1, 0.15) is 0 Å². The van der Waals surface area contributed by atoms with Crippen LogP contribution in [0.5, 0.6) is 0 Å². The lowest BCUT2D eigenvalue weighted by atomic mass is 10.2. The van der Waals surface area contributed by atoms with Crippen LogP contribution in [0.3, 0.4) is 0 Å². The van der Waals surface area contributed by atoms with E-state index in [-0.39, 0.29) is 10.8 Å². The van der Waals surface area contributed by atoms with Crippen LogP contribution in [0.15, 0.2) is 35.2 Å². The summed E-state index contributed by atoms with van der Waals surface area (Å²) in [6.45, 7) is 0.324. The molecule has 1 saturated heterocycles. The monoisotopic (exact) mass is 269 g/mol. The molecule has 0 saturated carbocycles. The molecule has 1 amide bonds. The van der Waals surface area contributed by atoms with E-state index in [2.05, 4.69) is 0 Å². The Balaban J connectivity index is 2.15. The molecule has 0 spiro atoms. The van der Waals surface area contributed by atoms with Crippen LogP contribution >= 0.6 is 0 Å². The lowest BCUT2D eigenvalue weighted by Gasteiger charge is -2.18. The molecule has 0 unspecified atom stereocenters. The summed E-state index contributed by atoms with van der Waals surface area (Å²) in [5, 5.41) is 0.968. The van der Waals surface area contributed by atoms with Crippen LogP contribution in [0.25, 0.3) is 0 Å². The summed E-state index contributed by atoms with van der Waals surface area (Å²) in [6.07, 6.45) is 2.79. The van der Waals surface area contributed by atoms with Crippen molar-refractivity contribution in [3.05, 3.63) is 30.3 Å². The van der Waals surface area contributed by atoms with Crippen LogP contribution in [0.2, 0.25) is 0 Å². The number of benzene rings is 1. The van der Waals surface area contributed by atoms with Gasteiger partial charge in [0.05, 0.1) is 11.4 Å². The molecule has 0 radical (unpaired) electrons. The van der Waals surface area contributed by atoms with Crippen molar-refractivity contribution in [2.75, 3.05) is 6.54 Å². The molecular weight excluding hydrogens is 254 g/mol. The highest BCUT2D eigenvalue weighted by atomic mass is 32.2. The Kier molecular flexibility index (Phi) is 3.98. The van der Waals surface area contributed by atoms with Crippen molar-refractivity contribution in [1.82, 2.24) is 5.06 Å². The highest BCUT2D eigenvalue weighted by Gasteiger charge is 2.25. The number of carbonyl (C=O) groups is 1. The number of hydrogen-bond acceptors (Lipinski definition) is 4. The first-order chi connectivity index (χ1) is 8.59. The minimum Gasteiger partial charge on any atom is -0.273 e. The van der Waals surface area contributed by atoms with Gasteiger partial charge in [-0.1, -0.05) is 24.6 Å². The smallest absolute Gasteiger partial charge is 0.273 e. The molecule has 98 valence electrons. The maximum atomic E-state index is 11.9. The molecular formula is C12H15NO4S. The van der Waals surface area contributed by atoms with Gasteiger partial charge in [-0.3, -0.25) is 4.79 Å². The first kappa shape index (κ1) is 13.0. The Labute approximate surface area is 106 Å². The van der Waals surface area contributed by atoms with Crippen LogP contribution in [0.1, 0.15) is 25.7 Å². The van der Waals surface area contributed by atoms with Crippen molar-refractivity contribution >= 4 is 16.0 Å². The predicted octanol–water partition coefficient (Wildman–Crippen LogP) is 1.71. The number of hydroxylamine groups is 2. The molecule has 0 bridgehead atoms. The van der Waals surface area contributed by atoms with Crippen LogP contribution in [0, 0.1) is 0 Å². The van der Waals surface area contributed by atoms with Gasteiger partial charge in [-0.15, -0.1) is 4.28 Å². The molecule has 18 heavy (non-hydrogen) atoms. The number of rotatable bonds is 3. The molecule has 1 fully saturated rings. The molecule has 1 aliphatic rings. The van der Waals surface area contributed by atoms with E-state index in [9.17, 15) is 13.2 Å². The van der Waals surface area contributed by atoms with Crippen LogP contribution in [-0.4, -0.2) is 25.9 Å². The number of nitrogens with zero attached hydrogens (tertiary/aromatic N) is 1. The fourth-order valence-corrected chi connectivity index (χ4v) is 2.76. The van der Waals surface area contributed by atoms with Crippen LogP contribution in [-0.2, 0) is 19.2 Å². The van der Waals surface area contributed by atoms with Crippen molar-refractivity contribution in [1.29, 1.82) is 0 Å². The fourth-order valence-electron chi connectivity index (χ4n) is 1.79. The number of hydrogen-bond donors (Lipinski definition) is 0. The lowest BCUT2D eigenvalue weighted by molar-refractivity contribution is -0.155. The highest BCUT2D eigenvalue weighted by molar-refractivity contribution is 7.86. The van der Waals surface area contributed by atoms with Gasteiger partial charge in [-0.25, -0.2) is 5.06 Å². The summed E-state index contributed by atoms with van der Waals surface area (Å²) < 4.78 is 28.8. The van der Waals surface area contributed by atoms with Crippen molar-refractivity contribution in [3.8, 4) is 0 Å². The van der Waals surface area contributed by atoms with Gasteiger partial charge >= 0.3 is 10.1 Å². The number of amides is 1. The van der Waals surface area contributed by atoms with Crippen LogP contribution in [0.4, 0.5) is 0 Å². The third-order valence-electron chi connectivity index (χ3n) is 2.75. The molecule has 6 heteroatoms. The molecule has 1 aliphatic heterocycles. The van der Waals surface area contributed by atoms with Crippen molar-refractivity contribution in [2.24, 2.45) is 0 Å². The van der Waals surface area contributed by atoms with E-state index in [1.54, 1.807) is 18.2 Å². The normalized spacial score (nSPS) is 17.6. The molecule has 0 atom stereocenters. The topological polar surface area (TPSA) is 63.7 Å². The van der Waals surface area contributed by atoms with E-state index >= 15 is 0 Å². The Morgan fingerprint density at radius 2 is 1.78 bits per heavy atom. The largest absolute Gasteiger partial charge is 0.317 e. The second-order valence-electron chi connectivity index (χ2n) is 4.15. The molecule has 0 N–H and O–H groups in total. The zero-order valence-electron chi connectivity index (χ0n) is 9.91. The minimum atomic E-state index is -3.90. The SMILES string of the molecule is O=C1CCCCCN1OS(=O)(=O)c1ccccc1. The first-order valence-electron chi connectivity index (χ1n) is 5.89. The fraction of sp³-hybridized carbons (Fsp3) is 0.417. The standard InChI is InChI=1S/C12H15NO4S/c14-12-9-5-2-6-10-13(12)17-18(15,16)11-7-3-1-4-8-11/h1,3-4,7-8H,2,5-6,9-10H2. The quantitative estimate of drug-likeness (QED) is 0.838. The molecule has 0 aliphatic carbocycles. The maximum absolute atomic E-state index is 11.9. The van der Waals surface area contributed by atoms with Crippen molar-refractivity contribution in [2.45, 2.75) is 30.6 Å². The lowest BCUT2D eigenvalue weighted by Crippen LogP contribution is -2.33. The van der Waals surface area contributed by atoms with Gasteiger partial charge in [-0.2, -0.15) is 8.42 Å². The van der Waals surface area contributed by atoms with Crippen molar-refractivity contribution in [3.63, 3.8) is 0 Å². The summed E-state index contributed by atoms with van der Waals surface area (Å²) in [5.41, 5.74) is 0. The van der Waals surface area contributed by atoms with Gasteiger partial charge in [0.15, 0.2) is 0 Å². The third kappa shape index (κ3) is 3.08. The molecule has 0 aromatic heterocycles. The van der Waals surface area contributed by atoms with E-state index < -0.39 is 10.1 Å². The zero-order chi connectivity index (χ0) is 13.0. The van der Waals surface area contributed by atoms with Crippen molar-refractivity contribution < 1.29 is 17.5 Å². The third-order valence-corrected chi connectivity index (χ3v) is 3.98. The zero-order valence-corrected chi connectivity index (χ0v) is 10.7. The Hall–Kier alpha value is -1.40. The Morgan fingerprint density at radius 1 is 1.06 bits per heavy atom. The molecule has 5 nitrogen and oxygen atoms in total. The summed E-state index contributed by atoms with van der Waals surface area (Å²) >= 11 is 0. The van der Waals surface area contributed by atoms with E-state index in [0.717, 1.165) is 24.3 Å². The van der Waals surface area contributed by atoms with E-state index in [1.165, 1.54) is 12.1 Å². The van der Waals surface area contributed by atoms with Crippen LogP contribution < -0.4 is 0 Å². The molecule has 1 heterocycles. The second-order valence-corrected chi connectivity index (χ2v) is 5.68. The Bertz CT molecular complexity index is 512. The minimum absolute atomic E-state index is 0.0575. The van der Waals surface area contributed by atoms with Gasteiger partial charge in [-0.05, 0) is 25.0 Å². The summed E-state index contributed by atoms with van der Waals surface area (Å²) in [7, 11) is -3.90. The molecule has 1 aromatic carbocycles. The number of carbonyl (C=O) groups excluding carboxylic acids is 1. The van der Waals surface area contributed by atoms with Gasteiger partial charge in [0.2, 0.25) is 5.91 Å². The average Bonchev–Trinajstić information content (AvgIpc) is 2.56. The maximum Gasteiger partial charge on any atom is 0.317 e. The summed E-state index contributed by atoms with van der Waals surface area (Å²) in [4.78, 5) is 11.7. The van der Waals surface area contributed by atoms with Gasteiger partial charge in [0.25, 0.3) is 0 Å². The van der Waals surface area contributed by atoms with E-state index in [4.69, 9.17) is 4.28 Å². The van der Waals surface area contributed by atoms with Gasteiger partial charge < -0.3 is 0 Å². The summed E-state index contributed by atoms with van der Waals surface area (Å²) in [6, 6.07) is 7.83. The molecule has 2 rings (SSSR count). The summed E-state index contributed by atoms with van der Waals surface area (Å²) in [5.74, 6) is -0.271. The first-order valence-corrected chi connectivity index (χ1v) is 7.30. The molecule has 1 aromatic rings. The van der Waals surface area contributed by atoms with E-state index in [0.29, 0.717) is 13.0 Å². The highest BCUT2D eigenvalue weighted by Crippen LogP contribution is 2.17. The predicted molar refractivity (Wildman–Crippen MR) is 64.9 cm³/mol. The average molecular weight is 269 g/mol. The van der Waals surface area contributed by atoms with E-state index in [1.807, 2.05) is 0 Å². The second kappa shape index (κ2) is 5.49.